The first-order chi connectivity index (χ1) is 37.1. The lowest BCUT2D eigenvalue weighted by Crippen LogP contribution is -2.46. The van der Waals surface area contributed by atoms with Gasteiger partial charge in [-0.25, -0.2) is 9.97 Å². The Morgan fingerprint density at radius 2 is 0.558 bits per heavy atom. The third-order valence-corrected chi connectivity index (χ3v) is 16.4. The van der Waals surface area contributed by atoms with Gasteiger partial charge in [-0.05, 0) is 190 Å². The molecule has 6 N–H and O–H groups in total. The molecule has 4 unspecified atom stereocenters. The lowest BCUT2D eigenvalue weighted by atomic mass is 10.1. The van der Waals surface area contributed by atoms with Crippen LogP contribution in [0.5, 0.6) is 0 Å². The van der Waals surface area contributed by atoms with Crippen LogP contribution in [0.4, 0.5) is 22.7 Å². The molecule has 2 aromatic heterocycles. The van der Waals surface area contributed by atoms with Crippen molar-refractivity contribution in [3.8, 4) is 0 Å². The van der Waals surface area contributed by atoms with Crippen molar-refractivity contribution in [1.82, 2.24) is 29.6 Å². The maximum atomic E-state index is 13.1. The van der Waals surface area contributed by atoms with Crippen molar-refractivity contribution in [2.75, 3.05) is 73.6 Å². The van der Waals surface area contributed by atoms with Gasteiger partial charge in [0.2, 0.25) is 23.6 Å². The van der Waals surface area contributed by atoms with Crippen LogP contribution < -0.4 is 21.3 Å². The molecule has 4 aliphatic heterocycles. The van der Waals surface area contributed by atoms with Crippen LogP contribution in [0, 0.1) is 0 Å². The Balaban J connectivity index is 0.000000201. The molecular formula is C62H84N10O5. The average Bonchev–Trinajstić information content (AvgIpc) is 3.44. The van der Waals surface area contributed by atoms with Crippen LogP contribution in [0.15, 0.2) is 84.9 Å². The Kier molecular flexibility index (Phi) is 20.4. The first-order valence-electron chi connectivity index (χ1n) is 29.0. The number of carbonyl (C=O) groups excluding carboxylic acids is 4. The smallest absolute Gasteiger partial charge is 0.241 e. The van der Waals surface area contributed by atoms with Gasteiger partial charge in [0.05, 0.1) is 46.2 Å². The number of likely N-dealkylation sites (tertiary alicyclic amines) is 4. The molecular weight excluding hydrogens is 965 g/mol. The van der Waals surface area contributed by atoms with Crippen LogP contribution >= 0.6 is 0 Å². The molecule has 4 aromatic carbocycles. The predicted molar refractivity (Wildman–Crippen MR) is 315 cm³/mol. The van der Waals surface area contributed by atoms with E-state index >= 15 is 0 Å². The van der Waals surface area contributed by atoms with Crippen LogP contribution in [0.1, 0.15) is 130 Å². The minimum atomic E-state index is -0.0985. The van der Waals surface area contributed by atoms with E-state index in [4.69, 9.17) is 9.97 Å². The Hall–Kier alpha value is -6.10. The number of hydrogen-bond acceptors (Lipinski definition) is 10. The molecule has 4 atom stereocenters. The van der Waals surface area contributed by atoms with E-state index in [0.29, 0.717) is 0 Å². The van der Waals surface area contributed by atoms with E-state index in [-0.39, 0.29) is 53.3 Å². The standard InChI is InChI=1S/2C31H41N5O2.H2O/c2*1-3-28(35-15-7-5-8-16-35)30(37)32-24-13-11-22-19-23-12-14-25(21-27(23)34-26(22)20-24)33-31(38)29(4-2)36-17-9-6-10-18-36;/h2*11-14,19-21,28-29H,3-10,15-18H2,1-2H3,(H,32,37)(H,33,38);1H2. The van der Waals surface area contributed by atoms with Gasteiger partial charge in [0.15, 0.2) is 0 Å². The monoisotopic (exact) mass is 1050 g/mol. The summed E-state index contributed by atoms with van der Waals surface area (Å²) in [7, 11) is 0. The van der Waals surface area contributed by atoms with Crippen molar-refractivity contribution in [2.45, 2.75) is 155 Å². The lowest BCUT2D eigenvalue weighted by molar-refractivity contribution is -0.122. The fraction of sp³-hybridized carbons (Fsp3) is 0.516. The van der Waals surface area contributed by atoms with E-state index in [9.17, 15) is 19.2 Å². The molecule has 0 spiro atoms. The molecule has 4 aliphatic rings. The summed E-state index contributed by atoms with van der Waals surface area (Å²) in [4.78, 5) is 71.5. The van der Waals surface area contributed by atoms with Gasteiger partial charge in [-0.1, -0.05) is 77.6 Å². The number of anilines is 4. The summed E-state index contributed by atoms with van der Waals surface area (Å²) in [5.74, 6) is 0.217. The second-order valence-corrected chi connectivity index (χ2v) is 21.6. The van der Waals surface area contributed by atoms with E-state index in [2.05, 4.69) is 80.7 Å². The third-order valence-electron chi connectivity index (χ3n) is 16.4. The number of nitrogens with zero attached hydrogens (tertiary/aromatic N) is 6. The molecule has 77 heavy (non-hydrogen) atoms. The summed E-state index contributed by atoms with van der Waals surface area (Å²) < 4.78 is 0. The average molecular weight is 1050 g/mol. The Labute approximate surface area is 455 Å². The summed E-state index contributed by atoms with van der Waals surface area (Å²) in [5.41, 5.74) is 6.36. The molecule has 0 saturated carbocycles. The molecule has 6 aromatic rings. The first kappa shape index (κ1) is 57.1. The highest BCUT2D eigenvalue weighted by atomic mass is 16.2. The van der Waals surface area contributed by atoms with Crippen LogP contribution in [-0.2, 0) is 19.2 Å². The fourth-order valence-corrected chi connectivity index (χ4v) is 12.2. The highest BCUT2D eigenvalue weighted by Crippen LogP contribution is 2.29. The number of carbonyl (C=O) groups is 4. The maximum Gasteiger partial charge on any atom is 0.241 e. The van der Waals surface area contributed by atoms with Gasteiger partial charge in [-0.2, -0.15) is 0 Å². The fourth-order valence-electron chi connectivity index (χ4n) is 12.2. The molecule has 15 nitrogen and oxygen atoms in total. The summed E-state index contributed by atoms with van der Waals surface area (Å²) in [6.07, 6.45) is 17.5. The predicted octanol–water partition coefficient (Wildman–Crippen LogP) is 10.8. The number of benzene rings is 4. The summed E-state index contributed by atoms with van der Waals surface area (Å²) in [6, 6.07) is 27.5. The molecule has 0 radical (unpaired) electrons. The molecule has 4 fully saturated rings. The topological polar surface area (TPSA) is 187 Å². The second-order valence-electron chi connectivity index (χ2n) is 21.6. The maximum absolute atomic E-state index is 13.1. The first-order valence-corrected chi connectivity index (χ1v) is 29.0. The number of piperidine rings is 4. The van der Waals surface area contributed by atoms with Crippen molar-refractivity contribution < 1.29 is 24.7 Å². The van der Waals surface area contributed by atoms with Gasteiger partial charge in [0.25, 0.3) is 0 Å². The number of hydrogen-bond donors (Lipinski definition) is 4. The van der Waals surface area contributed by atoms with E-state index in [1.165, 1.54) is 25.7 Å². The van der Waals surface area contributed by atoms with E-state index in [0.717, 1.165) is 196 Å². The van der Waals surface area contributed by atoms with Gasteiger partial charge >= 0.3 is 0 Å². The quantitative estimate of drug-likeness (QED) is 0.0680. The molecule has 0 aliphatic carbocycles. The number of amides is 4. The van der Waals surface area contributed by atoms with Crippen LogP contribution in [0.25, 0.3) is 43.6 Å². The highest BCUT2D eigenvalue weighted by molar-refractivity contribution is 6.02. The molecule has 0 bridgehead atoms. The van der Waals surface area contributed by atoms with Gasteiger partial charge in [0, 0.05) is 44.3 Å². The SMILES string of the molecule is CCC(C(=O)Nc1ccc2cc3ccc(NC(=O)C(CC)N4CCCCC4)cc3nc2c1)N1CCCCC1.CCC(C(=O)Nc1ccc2cc3ccc(NC(=O)C(CC)N4CCCCC4)cc3nc2c1)N1CCCCC1.O. The van der Waals surface area contributed by atoms with Crippen molar-refractivity contribution >= 4 is 90.0 Å². The van der Waals surface area contributed by atoms with Crippen molar-refractivity contribution in [1.29, 1.82) is 0 Å². The zero-order valence-corrected chi connectivity index (χ0v) is 46.2. The molecule has 4 amide bonds. The molecule has 6 heterocycles. The van der Waals surface area contributed by atoms with Crippen LogP contribution in [0.3, 0.4) is 0 Å². The summed E-state index contributed by atoms with van der Waals surface area (Å²) in [6.45, 7) is 16.3. The molecule has 4 saturated heterocycles. The van der Waals surface area contributed by atoms with Gasteiger partial charge < -0.3 is 26.7 Å². The minimum absolute atomic E-state index is 0. The zero-order chi connectivity index (χ0) is 53.0. The highest BCUT2D eigenvalue weighted by Gasteiger charge is 2.29. The number of nitrogens with one attached hydrogen (secondary N) is 4. The normalized spacial score (nSPS) is 18.5. The van der Waals surface area contributed by atoms with Crippen LogP contribution in [-0.4, -0.2) is 135 Å². The third kappa shape index (κ3) is 14.3. The molecule has 10 rings (SSSR count). The number of pyridine rings is 2. The van der Waals surface area contributed by atoms with E-state index in [1.807, 2.05) is 72.8 Å². The molecule has 15 heteroatoms. The van der Waals surface area contributed by atoms with Crippen molar-refractivity contribution in [2.24, 2.45) is 0 Å². The van der Waals surface area contributed by atoms with Gasteiger partial charge in [0.1, 0.15) is 0 Å². The Bertz CT molecular complexity index is 2570. The summed E-state index contributed by atoms with van der Waals surface area (Å²) >= 11 is 0. The zero-order valence-electron chi connectivity index (χ0n) is 46.2. The number of fused-ring (bicyclic) bond motifs is 4. The van der Waals surface area contributed by atoms with E-state index < -0.39 is 0 Å². The number of aromatic nitrogens is 2. The van der Waals surface area contributed by atoms with Gasteiger partial charge in [-0.3, -0.25) is 38.8 Å². The van der Waals surface area contributed by atoms with Crippen LogP contribution in [0.2, 0.25) is 0 Å². The lowest BCUT2D eigenvalue weighted by Gasteiger charge is -2.33. The largest absolute Gasteiger partial charge is 0.412 e. The van der Waals surface area contributed by atoms with E-state index in [1.54, 1.807) is 0 Å². The summed E-state index contributed by atoms with van der Waals surface area (Å²) in [5, 5.41) is 16.6. The Morgan fingerprint density at radius 1 is 0.351 bits per heavy atom. The molecule has 412 valence electrons. The number of rotatable bonds is 16. The van der Waals surface area contributed by atoms with Gasteiger partial charge in [-0.15, -0.1) is 0 Å². The van der Waals surface area contributed by atoms with Crippen molar-refractivity contribution in [3.63, 3.8) is 0 Å². The minimum Gasteiger partial charge on any atom is -0.412 e. The van der Waals surface area contributed by atoms with Crippen molar-refractivity contribution in [3.05, 3.63) is 84.9 Å². The second kappa shape index (κ2) is 27.5. The Morgan fingerprint density at radius 3 is 0.753 bits per heavy atom.